The van der Waals surface area contributed by atoms with Crippen LogP contribution in [-0.2, 0) is 11.3 Å². The van der Waals surface area contributed by atoms with Gasteiger partial charge in [-0.1, -0.05) is 24.9 Å². The average Bonchev–Trinajstić information content (AvgIpc) is 2.50. The number of benzene rings is 1. The third-order valence-corrected chi connectivity index (χ3v) is 3.41. The Morgan fingerprint density at radius 3 is 2.87 bits per heavy atom. The number of hydrogen-bond donors (Lipinski definition) is 2. The average molecular weight is 337 g/mol. The standard InChI is InChI=1S/C15H17ClN4O3/c1-2-3-6-17-15(23)19-13(21)8-20-9-18-12-7-10(16)4-5-11(12)14(20)22/h4-5,7,9H,2-3,6,8H2,1H3,(H2,17,19,21,23). The molecule has 0 saturated carbocycles. The number of aromatic nitrogens is 2. The minimum atomic E-state index is -0.587. The zero-order valence-electron chi connectivity index (χ0n) is 12.6. The van der Waals surface area contributed by atoms with Gasteiger partial charge in [-0.3, -0.25) is 19.5 Å². The Morgan fingerprint density at radius 1 is 1.35 bits per heavy atom. The number of unbranched alkanes of at least 4 members (excludes halogenated alkanes) is 1. The van der Waals surface area contributed by atoms with E-state index in [-0.39, 0.29) is 12.1 Å². The molecule has 2 aromatic rings. The van der Waals surface area contributed by atoms with Crippen LogP contribution in [0.25, 0.3) is 10.9 Å². The molecule has 0 aliphatic rings. The van der Waals surface area contributed by atoms with Gasteiger partial charge >= 0.3 is 6.03 Å². The van der Waals surface area contributed by atoms with E-state index in [9.17, 15) is 14.4 Å². The van der Waals surface area contributed by atoms with Crippen LogP contribution in [0.4, 0.5) is 4.79 Å². The first-order valence-corrected chi connectivity index (χ1v) is 7.61. The highest BCUT2D eigenvalue weighted by Gasteiger charge is 2.11. The SMILES string of the molecule is CCCCNC(=O)NC(=O)Cn1cnc2cc(Cl)ccc2c1=O. The van der Waals surface area contributed by atoms with Gasteiger partial charge in [0.05, 0.1) is 17.2 Å². The molecule has 0 aliphatic heterocycles. The number of nitrogens with one attached hydrogen (secondary N) is 2. The summed E-state index contributed by atoms with van der Waals surface area (Å²) < 4.78 is 1.14. The van der Waals surface area contributed by atoms with Crippen LogP contribution in [0.2, 0.25) is 5.02 Å². The number of fused-ring (bicyclic) bond motifs is 1. The van der Waals surface area contributed by atoms with E-state index >= 15 is 0 Å². The topological polar surface area (TPSA) is 93.1 Å². The van der Waals surface area contributed by atoms with Gasteiger partial charge in [0.25, 0.3) is 5.56 Å². The Bertz CT molecular complexity index is 788. The molecular weight excluding hydrogens is 320 g/mol. The third kappa shape index (κ3) is 4.53. The minimum absolute atomic E-state index is 0.286. The second-order valence-electron chi connectivity index (χ2n) is 5.00. The van der Waals surface area contributed by atoms with E-state index in [0.717, 1.165) is 17.4 Å². The molecule has 0 bridgehead atoms. The predicted octanol–water partition coefficient (Wildman–Crippen LogP) is 1.68. The van der Waals surface area contributed by atoms with Gasteiger partial charge in [0.15, 0.2) is 0 Å². The van der Waals surface area contributed by atoms with Crippen molar-refractivity contribution in [2.24, 2.45) is 0 Å². The molecule has 8 heteroatoms. The number of carbonyl (C=O) groups is 2. The lowest BCUT2D eigenvalue weighted by atomic mass is 10.2. The summed E-state index contributed by atoms with van der Waals surface area (Å²) in [6.07, 6.45) is 3.03. The van der Waals surface area contributed by atoms with Gasteiger partial charge in [0, 0.05) is 11.6 Å². The third-order valence-electron chi connectivity index (χ3n) is 3.17. The van der Waals surface area contributed by atoms with Gasteiger partial charge in [0.1, 0.15) is 6.54 Å². The van der Waals surface area contributed by atoms with Crippen LogP contribution in [0.3, 0.4) is 0 Å². The van der Waals surface area contributed by atoms with Crippen molar-refractivity contribution < 1.29 is 9.59 Å². The Labute approximate surface area is 137 Å². The highest BCUT2D eigenvalue weighted by Crippen LogP contribution is 2.13. The Kier molecular flexibility index (Phi) is 5.70. The van der Waals surface area contributed by atoms with Crippen molar-refractivity contribution in [2.45, 2.75) is 26.3 Å². The first-order chi connectivity index (χ1) is 11.0. The first-order valence-electron chi connectivity index (χ1n) is 7.23. The number of hydrogen-bond acceptors (Lipinski definition) is 4. The molecule has 2 rings (SSSR count). The molecule has 122 valence electrons. The van der Waals surface area contributed by atoms with E-state index < -0.39 is 11.9 Å². The molecule has 1 aromatic heterocycles. The lowest BCUT2D eigenvalue weighted by molar-refractivity contribution is -0.120. The van der Waals surface area contributed by atoms with Crippen molar-refractivity contribution in [1.82, 2.24) is 20.2 Å². The second-order valence-corrected chi connectivity index (χ2v) is 5.43. The van der Waals surface area contributed by atoms with E-state index in [4.69, 9.17) is 11.6 Å². The Hall–Kier alpha value is -2.41. The van der Waals surface area contributed by atoms with E-state index in [1.165, 1.54) is 6.33 Å². The predicted molar refractivity (Wildman–Crippen MR) is 87.5 cm³/mol. The molecule has 1 aromatic carbocycles. The molecule has 0 atom stereocenters. The van der Waals surface area contributed by atoms with Crippen LogP contribution >= 0.6 is 11.6 Å². The second kappa shape index (κ2) is 7.73. The van der Waals surface area contributed by atoms with Crippen LogP contribution < -0.4 is 16.2 Å². The van der Waals surface area contributed by atoms with Gasteiger partial charge in [0.2, 0.25) is 5.91 Å². The number of imide groups is 1. The summed E-state index contributed by atoms with van der Waals surface area (Å²) >= 11 is 5.85. The molecule has 0 saturated heterocycles. The molecule has 0 unspecified atom stereocenters. The largest absolute Gasteiger partial charge is 0.338 e. The van der Waals surface area contributed by atoms with Crippen molar-refractivity contribution >= 4 is 34.4 Å². The Morgan fingerprint density at radius 2 is 2.13 bits per heavy atom. The number of rotatable bonds is 5. The fourth-order valence-electron chi connectivity index (χ4n) is 1.99. The van der Waals surface area contributed by atoms with Crippen molar-refractivity contribution in [3.05, 3.63) is 39.9 Å². The normalized spacial score (nSPS) is 10.5. The quantitative estimate of drug-likeness (QED) is 0.812. The van der Waals surface area contributed by atoms with Crippen molar-refractivity contribution in [2.75, 3.05) is 6.54 Å². The maximum atomic E-state index is 12.3. The molecule has 0 radical (unpaired) electrons. The summed E-state index contributed by atoms with van der Waals surface area (Å²) in [4.78, 5) is 39.7. The maximum Gasteiger partial charge on any atom is 0.321 e. The molecule has 0 aliphatic carbocycles. The number of carbonyl (C=O) groups excluding carboxylic acids is 2. The smallest absolute Gasteiger partial charge is 0.321 e. The van der Waals surface area contributed by atoms with Crippen LogP contribution in [0.15, 0.2) is 29.3 Å². The first kappa shape index (κ1) is 17.0. The zero-order chi connectivity index (χ0) is 16.8. The maximum absolute atomic E-state index is 12.3. The summed E-state index contributed by atoms with van der Waals surface area (Å²) in [6, 6.07) is 4.14. The highest BCUT2D eigenvalue weighted by atomic mass is 35.5. The van der Waals surface area contributed by atoms with Crippen molar-refractivity contribution in [1.29, 1.82) is 0 Å². The molecule has 2 N–H and O–H groups in total. The summed E-state index contributed by atoms with van der Waals surface area (Å²) in [5.74, 6) is -0.587. The Balaban J connectivity index is 2.05. The summed E-state index contributed by atoms with van der Waals surface area (Å²) in [5, 5.41) is 5.57. The van der Waals surface area contributed by atoms with E-state index in [2.05, 4.69) is 15.6 Å². The molecule has 0 spiro atoms. The molecular formula is C15H17ClN4O3. The van der Waals surface area contributed by atoms with Crippen LogP contribution in [0.5, 0.6) is 0 Å². The monoisotopic (exact) mass is 336 g/mol. The van der Waals surface area contributed by atoms with Gasteiger partial charge in [-0.2, -0.15) is 0 Å². The van der Waals surface area contributed by atoms with Crippen LogP contribution in [0.1, 0.15) is 19.8 Å². The lowest BCUT2D eigenvalue weighted by Gasteiger charge is -2.08. The van der Waals surface area contributed by atoms with Crippen LogP contribution in [0, 0.1) is 0 Å². The summed E-state index contributed by atoms with van der Waals surface area (Å²) in [6.45, 7) is 2.20. The fourth-order valence-corrected chi connectivity index (χ4v) is 2.15. The van der Waals surface area contributed by atoms with E-state index in [0.29, 0.717) is 22.5 Å². The van der Waals surface area contributed by atoms with Crippen molar-refractivity contribution in [3.8, 4) is 0 Å². The van der Waals surface area contributed by atoms with E-state index in [1.54, 1.807) is 18.2 Å². The zero-order valence-corrected chi connectivity index (χ0v) is 13.4. The van der Waals surface area contributed by atoms with Gasteiger partial charge in [-0.15, -0.1) is 0 Å². The van der Waals surface area contributed by atoms with Gasteiger partial charge in [-0.25, -0.2) is 9.78 Å². The fraction of sp³-hybridized carbons (Fsp3) is 0.333. The molecule has 23 heavy (non-hydrogen) atoms. The van der Waals surface area contributed by atoms with Gasteiger partial charge < -0.3 is 5.32 Å². The lowest BCUT2D eigenvalue weighted by Crippen LogP contribution is -2.42. The number of nitrogens with zero attached hydrogens (tertiary/aromatic N) is 2. The van der Waals surface area contributed by atoms with E-state index in [1.807, 2.05) is 6.92 Å². The number of amides is 3. The highest BCUT2D eigenvalue weighted by molar-refractivity contribution is 6.31. The summed E-state index contributed by atoms with van der Waals surface area (Å²) in [7, 11) is 0. The minimum Gasteiger partial charge on any atom is -0.338 e. The number of halogens is 1. The molecule has 1 heterocycles. The van der Waals surface area contributed by atoms with Gasteiger partial charge in [-0.05, 0) is 24.6 Å². The van der Waals surface area contributed by atoms with Crippen molar-refractivity contribution in [3.63, 3.8) is 0 Å². The molecule has 7 nitrogen and oxygen atoms in total. The molecule has 0 fully saturated rings. The summed E-state index contributed by atoms with van der Waals surface area (Å²) in [5.41, 5.74) is 0.0877. The number of urea groups is 1. The molecule has 3 amide bonds. The van der Waals surface area contributed by atoms with Crippen LogP contribution in [-0.4, -0.2) is 28.0 Å².